The van der Waals surface area contributed by atoms with Crippen molar-refractivity contribution >= 4 is 23.5 Å². The van der Waals surface area contributed by atoms with Gasteiger partial charge >= 0.3 is 5.97 Å². The minimum Gasteiger partial charge on any atom is -0.493 e. The Hall–Kier alpha value is -4.28. The minimum atomic E-state index is -1.17. The number of hydrogen-bond donors (Lipinski definition) is 4. The highest BCUT2D eigenvalue weighted by atomic mass is 16.5. The molecule has 0 aromatic heterocycles. The van der Waals surface area contributed by atoms with Gasteiger partial charge in [-0.15, -0.1) is 0 Å². The van der Waals surface area contributed by atoms with E-state index in [1.54, 1.807) is 26.0 Å². The van der Waals surface area contributed by atoms with Gasteiger partial charge in [0.15, 0.2) is 11.5 Å². The maximum Gasteiger partial charge on any atom is 0.325 e. The topological polar surface area (TPSA) is 152 Å². The van der Waals surface area contributed by atoms with Crippen LogP contribution in [0, 0.1) is 5.92 Å². The Kier molecular flexibility index (Phi) is 9.62. The Bertz CT molecular complexity index is 1360. The van der Waals surface area contributed by atoms with Gasteiger partial charge in [0.2, 0.25) is 23.0 Å². The third kappa shape index (κ3) is 6.30. The summed E-state index contributed by atoms with van der Waals surface area (Å²) in [7, 11) is 4.57. The molecule has 3 rings (SSSR count). The number of aryl methyl sites for hydroxylation is 1. The molecule has 2 aromatic rings. The van der Waals surface area contributed by atoms with Crippen LogP contribution in [0.3, 0.4) is 0 Å². The summed E-state index contributed by atoms with van der Waals surface area (Å²) >= 11 is 0. The number of methoxy groups -OCH3 is 3. The average molecular weight is 556 g/mol. The second-order valence-corrected chi connectivity index (χ2v) is 10.0. The van der Waals surface area contributed by atoms with Gasteiger partial charge in [0.25, 0.3) is 0 Å². The van der Waals surface area contributed by atoms with Crippen molar-refractivity contribution < 1.29 is 33.7 Å². The molecular formula is C29H37N3O8. The third-order valence-electron chi connectivity index (χ3n) is 6.91. The number of aliphatic carboxylic acids is 1. The average Bonchev–Trinajstić information content (AvgIpc) is 3.14. The molecule has 0 radical (unpaired) electrons. The number of anilines is 1. The van der Waals surface area contributed by atoms with Gasteiger partial charge in [-0.05, 0) is 60.6 Å². The van der Waals surface area contributed by atoms with Crippen LogP contribution in [-0.2, 0) is 20.8 Å². The first-order chi connectivity index (χ1) is 18.9. The molecule has 0 fully saturated rings. The molecule has 0 aliphatic heterocycles. The van der Waals surface area contributed by atoms with Crippen molar-refractivity contribution in [3.8, 4) is 28.4 Å². The van der Waals surface area contributed by atoms with Crippen molar-refractivity contribution in [3.05, 3.63) is 45.6 Å². The van der Waals surface area contributed by atoms with Crippen LogP contribution in [0.1, 0.15) is 51.3 Å². The summed E-state index contributed by atoms with van der Waals surface area (Å²) in [4.78, 5) is 49.9. The maximum absolute atomic E-state index is 13.6. The number of benzene rings is 1. The van der Waals surface area contributed by atoms with E-state index in [1.807, 2.05) is 6.07 Å². The van der Waals surface area contributed by atoms with E-state index in [-0.39, 0.29) is 17.5 Å². The zero-order valence-electron chi connectivity index (χ0n) is 23.8. The predicted molar refractivity (Wildman–Crippen MR) is 150 cm³/mol. The fraction of sp³-hybridized carbons (Fsp3) is 0.448. The molecular weight excluding hydrogens is 518 g/mol. The summed E-state index contributed by atoms with van der Waals surface area (Å²) in [6, 6.07) is 4.20. The molecule has 11 heteroatoms. The van der Waals surface area contributed by atoms with Crippen LogP contribution in [0.15, 0.2) is 29.1 Å². The van der Waals surface area contributed by atoms with E-state index in [2.05, 4.69) is 16.0 Å². The highest BCUT2D eigenvalue weighted by molar-refractivity contribution is 5.89. The molecule has 1 aliphatic rings. The highest BCUT2D eigenvalue weighted by Crippen LogP contribution is 2.50. The number of carbonyl (C=O) groups excluding carboxylic acids is 2. The standard InChI is InChI=1S/C29H37N3O8/c1-14(2)25(28(35)30-15(3)29(36)37)32-21-11-9-18-19(13-22(21)34)20(31-16(4)33)10-8-17-12-23(38-5)26(39-6)27(40-7)24(17)18/h9,11-15,20,25H,8,10H2,1-7H3,(H,30,35)(H,31,33)(H,32,34)(H,36,37)/t15-,20-,25-/m1/s1. The number of rotatable bonds is 10. The van der Waals surface area contributed by atoms with Crippen LogP contribution in [0.2, 0.25) is 0 Å². The lowest BCUT2D eigenvalue weighted by atomic mass is 9.95. The van der Waals surface area contributed by atoms with Gasteiger partial charge in [-0.3, -0.25) is 19.2 Å². The molecule has 0 spiro atoms. The van der Waals surface area contributed by atoms with Crippen molar-refractivity contribution in [1.82, 2.24) is 10.6 Å². The molecule has 0 bridgehead atoms. The normalized spacial score (nSPS) is 15.4. The second kappa shape index (κ2) is 12.7. The summed E-state index contributed by atoms with van der Waals surface area (Å²) < 4.78 is 17.0. The van der Waals surface area contributed by atoms with E-state index in [9.17, 15) is 24.3 Å². The Morgan fingerprint density at radius 3 is 2.23 bits per heavy atom. The fourth-order valence-electron chi connectivity index (χ4n) is 4.89. The zero-order chi connectivity index (χ0) is 29.7. The molecule has 0 saturated heterocycles. The number of amides is 2. The van der Waals surface area contributed by atoms with Crippen molar-refractivity contribution in [3.63, 3.8) is 0 Å². The number of ether oxygens (including phenoxy) is 3. The zero-order valence-corrected chi connectivity index (χ0v) is 23.8. The van der Waals surface area contributed by atoms with Crippen molar-refractivity contribution in [2.75, 3.05) is 26.6 Å². The largest absolute Gasteiger partial charge is 0.493 e. The summed E-state index contributed by atoms with van der Waals surface area (Å²) in [6.45, 7) is 6.37. The van der Waals surface area contributed by atoms with Crippen molar-refractivity contribution in [2.45, 2.75) is 58.7 Å². The maximum atomic E-state index is 13.6. The van der Waals surface area contributed by atoms with Crippen LogP contribution in [0.4, 0.5) is 5.69 Å². The van der Waals surface area contributed by atoms with Crippen LogP contribution >= 0.6 is 0 Å². The van der Waals surface area contributed by atoms with Gasteiger partial charge < -0.3 is 35.3 Å². The van der Waals surface area contributed by atoms with Gasteiger partial charge in [-0.2, -0.15) is 0 Å². The molecule has 0 saturated carbocycles. The van der Waals surface area contributed by atoms with Crippen molar-refractivity contribution in [2.24, 2.45) is 5.92 Å². The van der Waals surface area contributed by atoms with E-state index < -0.39 is 35.4 Å². The number of carboxylic acids is 1. The van der Waals surface area contributed by atoms with Crippen LogP contribution in [-0.4, -0.2) is 56.3 Å². The molecule has 3 atom stereocenters. The Balaban J connectivity index is 2.23. The molecule has 216 valence electrons. The third-order valence-corrected chi connectivity index (χ3v) is 6.91. The molecule has 40 heavy (non-hydrogen) atoms. The lowest BCUT2D eigenvalue weighted by molar-refractivity contribution is -0.141. The fourth-order valence-corrected chi connectivity index (χ4v) is 4.89. The van der Waals surface area contributed by atoms with Gasteiger partial charge in [0, 0.05) is 12.5 Å². The number of carbonyl (C=O) groups is 3. The number of fused-ring (bicyclic) bond motifs is 3. The van der Waals surface area contributed by atoms with Crippen LogP contribution in [0.25, 0.3) is 11.1 Å². The number of carboxylic acid groups (broad SMARTS) is 1. The Labute approximate surface area is 233 Å². The lowest BCUT2D eigenvalue weighted by Crippen LogP contribution is -2.48. The monoisotopic (exact) mass is 555 g/mol. The molecule has 0 heterocycles. The van der Waals surface area contributed by atoms with E-state index in [4.69, 9.17) is 14.2 Å². The van der Waals surface area contributed by atoms with Gasteiger partial charge in [0.1, 0.15) is 12.1 Å². The second-order valence-electron chi connectivity index (χ2n) is 10.0. The van der Waals surface area contributed by atoms with Crippen LogP contribution < -0.4 is 35.6 Å². The smallest absolute Gasteiger partial charge is 0.325 e. The van der Waals surface area contributed by atoms with Gasteiger partial charge in [-0.25, -0.2) is 0 Å². The first-order valence-corrected chi connectivity index (χ1v) is 13.0. The summed E-state index contributed by atoms with van der Waals surface area (Å²) in [5.41, 5.74) is 2.58. The molecule has 2 amide bonds. The Morgan fingerprint density at radius 2 is 1.68 bits per heavy atom. The quantitative estimate of drug-likeness (QED) is 0.347. The van der Waals surface area contributed by atoms with E-state index in [0.29, 0.717) is 46.8 Å². The van der Waals surface area contributed by atoms with E-state index >= 15 is 0 Å². The Morgan fingerprint density at radius 1 is 1.00 bits per heavy atom. The molecule has 2 aromatic carbocycles. The first kappa shape index (κ1) is 30.3. The summed E-state index contributed by atoms with van der Waals surface area (Å²) in [5.74, 6) is -0.915. The van der Waals surface area contributed by atoms with Gasteiger partial charge in [-0.1, -0.05) is 19.9 Å². The van der Waals surface area contributed by atoms with Crippen LogP contribution in [0.5, 0.6) is 17.2 Å². The predicted octanol–water partition coefficient (Wildman–Crippen LogP) is 2.89. The van der Waals surface area contributed by atoms with E-state index in [1.165, 1.54) is 41.2 Å². The minimum absolute atomic E-state index is 0.146. The highest BCUT2D eigenvalue weighted by Gasteiger charge is 2.30. The van der Waals surface area contributed by atoms with Crippen molar-refractivity contribution in [1.29, 1.82) is 0 Å². The van der Waals surface area contributed by atoms with E-state index in [0.717, 1.165) is 5.56 Å². The lowest BCUT2D eigenvalue weighted by Gasteiger charge is -2.23. The molecule has 4 N–H and O–H groups in total. The molecule has 11 nitrogen and oxygen atoms in total. The molecule has 1 aliphatic carbocycles. The summed E-state index contributed by atoms with van der Waals surface area (Å²) in [6.07, 6.45) is 1.07. The SMILES string of the molecule is COc1cc2c(c(OC)c1OC)-c1ccc(N[C@@H](C(=O)N[C@H](C)C(=O)O)C(C)C)c(=O)cc1[C@H](NC(C)=O)CC2. The molecule has 0 unspecified atom stereocenters. The number of nitrogens with one attached hydrogen (secondary N) is 3. The van der Waals surface area contributed by atoms with Gasteiger partial charge in [0.05, 0.1) is 33.1 Å². The number of hydrogen-bond acceptors (Lipinski definition) is 8. The summed E-state index contributed by atoms with van der Waals surface area (Å²) in [5, 5.41) is 17.6. The first-order valence-electron chi connectivity index (χ1n) is 13.0.